The lowest BCUT2D eigenvalue weighted by atomic mass is 10.2. The summed E-state index contributed by atoms with van der Waals surface area (Å²) in [4.78, 5) is 26.6. The van der Waals surface area contributed by atoms with Crippen molar-refractivity contribution in [2.75, 3.05) is 24.7 Å². The Morgan fingerprint density at radius 3 is 2.66 bits per heavy atom. The van der Waals surface area contributed by atoms with Gasteiger partial charge in [-0.15, -0.1) is 0 Å². The van der Waals surface area contributed by atoms with Crippen LogP contribution in [0.1, 0.15) is 26.7 Å². The van der Waals surface area contributed by atoms with Crippen LogP contribution in [0.4, 0.5) is 5.69 Å². The third-order valence-corrected chi connectivity index (χ3v) is 5.05. The van der Waals surface area contributed by atoms with E-state index in [0.717, 1.165) is 15.6 Å². The summed E-state index contributed by atoms with van der Waals surface area (Å²) in [6.07, 6.45) is 4.55. The minimum atomic E-state index is -0.620. The van der Waals surface area contributed by atoms with E-state index >= 15 is 0 Å². The molecule has 0 bridgehead atoms. The summed E-state index contributed by atoms with van der Waals surface area (Å²) in [5.74, 6) is -1.02. The van der Waals surface area contributed by atoms with Gasteiger partial charge in [-0.3, -0.25) is 0 Å². The van der Waals surface area contributed by atoms with Gasteiger partial charge in [-0.25, -0.2) is 9.59 Å². The molecule has 0 fully saturated rings. The Kier molecular flexibility index (Phi) is 8.56. The fraction of sp³-hybridized carbons (Fsp3) is 0.318. The van der Waals surface area contributed by atoms with Gasteiger partial charge in [0.05, 0.1) is 23.9 Å². The van der Waals surface area contributed by atoms with Crippen LogP contribution in [-0.2, 0) is 19.1 Å². The number of carbonyl (C=O) groups is 2. The monoisotopic (exact) mass is 412 g/mol. The molecule has 1 aromatic carbocycles. The van der Waals surface area contributed by atoms with Crippen LogP contribution in [0.3, 0.4) is 0 Å². The average molecular weight is 413 g/mol. The zero-order valence-electron chi connectivity index (χ0n) is 16.6. The van der Waals surface area contributed by atoms with Crippen molar-refractivity contribution in [3.05, 3.63) is 59.2 Å². The molecule has 0 saturated heterocycles. The smallest absolute Gasteiger partial charge is 0.348 e. The number of para-hydroxylation sites is 1. The van der Waals surface area contributed by atoms with Crippen LogP contribution >= 0.6 is 11.8 Å². The van der Waals surface area contributed by atoms with Crippen LogP contribution in [0, 0.1) is 11.3 Å². The zero-order chi connectivity index (χ0) is 21.2. The van der Waals surface area contributed by atoms with E-state index in [4.69, 9.17) is 9.47 Å². The molecule has 2 rings (SSSR count). The molecule has 7 heteroatoms. The second kappa shape index (κ2) is 11.1. The Labute approximate surface area is 175 Å². The topological polar surface area (TPSA) is 79.6 Å². The maximum absolute atomic E-state index is 11.9. The molecule has 6 nitrogen and oxygen atoms in total. The number of carbonyl (C=O) groups excluding carboxylic acids is 2. The lowest BCUT2D eigenvalue weighted by molar-refractivity contribution is -0.139. The molecular weight excluding hydrogens is 388 g/mol. The van der Waals surface area contributed by atoms with E-state index in [-0.39, 0.29) is 18.8 Å². The number of rotatable bonds is 9. The predicted molar refractivity (Wildman–Crippen MR) is 113 cm³/mol. The molecule has 1 aliphatic rings. The molecule has 0 N–H and O–H groups in total. The van der Waals surface area contributed by atoms with E-state index in [1.54, 1.807) is 24.8 Å². The minimum absolute atomic E-state index is 0.0437. The number of benzene rings is 1. The zero-order valence-corrected chi connectivity index (χ0v) is 17.5. The molecule has 1 heterocycles. The van der Waals surface area contributed by atoms with Crippen molar-refractivity contribution >= 4 is 29.4 Å². The second-order valence-electron chi connectivity index (χ2n) is 6.32. The molecule has 1 aliphatic heterocycles. The minimum Gasteiger partial charge on any atom is -0.462 e. The molecule has 0 spiro atoms. The third-order valence-electron chi connectivity index (χ3n) is 3.91. The highest BCUT2D eigenvalue weighted by atomic mass is 32.2. The van der Waals surface area contributed by atoms with Gasteiger partial charge in [0, 0.05) is 17.0 Å². The van der Waals surface area contributed by atoms with Crippen LogP contribution in [0.2, 0.25) is 0 Å². The van der Waals surface area contributed by atoms with Gasteiger partial charge in [0.2, 0.25) is 0 Å². The number of allylic oxidation sites excluding steroid dienone is 2. The molecular formula is C22H24N2O4S. The van der Waals surface area contributed by atoms with Crippen molar-refractivity contribution in [1.29, 1.82) is 5.26 Å². The number of esters is 2. The van der Waals surface area contributed by atoms with E-state index in [2.05, 4.69) is 11.5 Å². The number of hydrogen-bond donors (Lipinski definition) is 0. The molecule has 0 aliphatic carbocycles. The highest BCUT2D eigenvalue weighted by Crippen LogP contribution is 2.45. The maximum atomic E-state index is 11.9. The Balaban J connectivity index is 2.12. The fourth-order valence-electron chi connectivity index (χ4n) is 2.50. The van der Waals surface area contributed by atoms with Crippen molar-refractivity contribution in [2.24, 2.45) is 0 Å². The molecule has 0 radical (unpaired) electrons. The summed E-state index contributed by atoms with van der Waals surface area (Å²) >= 11 is 1.55. The largest absolute Gasteiger partial charge is 0.462 e. The molecule has 1 aromatic rings. The number of hydrogen-bond acceptors (Lipinski definition) is 7. The number of fused-ring (bicyclic) bond motifs is 1. The van der Waals surface area contributed by atoms with Gasteiger partial charge in [0.25, 0.3) is 0 Å². The van der Waals surface area contributed by atoms with Crippen molar-refractivity contribution in [3.8, 4) is 6.07 Å². The van der Waals surface area contributed by atoms with Crippen LogP contribution in [0.5, 0.6) is 0 Å². The summed E-state index contributed by atoms with van der Waals surface area (Å²) < 4.78 is 10.2. The molecule has 0 aromatic heterocycles. The first kappa shape index (κ1) is 22.3. The van der Waals surface area contributed by atoms with Crippen LogP contribution in [0.25, 0.3) is 0 Å². The summed E-state index contributed by atoms with van der Waals surface area (Å²) in [5.41, 5.74) is 1.37. The first-order chi connectivity index (χ1) is 14.0. The summed E-state index contributed by atoms with van der Waals surface area (Å²) in [6, 6.07) is 9.83. The highest BCUT2D eigenvalue weighted by Gasteiger charge is 2.24. The van der Waals surface area contributed by atoms with E-state index in [9.17, 15) is 14.9 Å². The van der Waals surface area contributed by atoms with Gasteiger partial charge in [-0.2, -0.15) is 5.26 Å². The van der Waals surface area contributed by atoms with Crippen molar-refractivity contribution < 1.29 is 19.1 Å². The predicted octanol–water partition coefficient (Wildman–Crippen LogP) is 4.35. The SMILES string of the molecule is C=C(C)C(=O)OCCCN1/C(=C/C=C(\C#N)C(=O)OCCC)Sc2ccccc21. The number of anilines is 1. The first-order valence-corrected chi connectivity index (χ1v) is 10.2. The van der Waals surface area contributed by atoms with Gasteiger partial charge in [-0.1, -0.05) is 37.4 Å². The lowest BCUT2D eigenvalue weighted by Crippen LogP contribution is -2.21. The van der Waals surface area contributed by atoms with E-state index in [1.807, 2.05) is 37.3 Å². The Morgan fingerprint density at radius 2 is 1.97 bits per heavy atom. The Hall–Kier alpha value is -2.98. The number of nitrogens with zero attached hydrogens (tertiary/aromatic N) is 2. The van der Waals surface area contributed by atoms with E-state index < -0.39 is 11.9 Å². The van der Waals surface area contributed by atoms with Gasteiger partial charge in [-0.05, 0) is 44.1 Å². The second-order valence-corrected chi connectivity index (χ2v) is 7.39. The standard InChI is InChI=1S/C22H24N2O4S/c1-4-13-27-22(26)17(15-23)10-11-20-24(12-7-14-28-21(25)16(2)3)18-8-5-6-9-19(18)29-20/h5-6,8-11H,2,4,7,12-14H2,1,3H3/b17-10+,20-11-. The number of thioether (sulfide) groups is 1. The molecule has 152 valence electrons. The number of nitriles is 1. The average Bonchev–Trinajstić information content (AvgIpc) is 3.07. The summed E-state index contributed by atoms with van der Waals surface area (Å²) in [7, 11) is 0. The van der Waals surface area contributed by atoms with Crippen molar-refractivity contribution in [1.82, 2.24) is 0 Å². The van der Waals surface area contributed by atoms with E-state index in [0.29, 0.717) is 25.0 Å². The summed E-state index contributed by atoms with van der Waals surface area (Å²) in [5, 5.41) is 10.1. The first-order valence-electron chi connectivity index (χ1n) is 9.34. The van der Waals surface area contributed by atoms with Crippen LogP contribution in [-0.4, -0.2) is 31.7 Å². The molecule has 0 amide bonds. The normalized spacial score (nSPS) is 14.3. The summed E-state index contributed by atoms with van der Waals surface area (Å²) in [6.45, 7) is 8.26. The van der Waals surface area contributed by atoms with Crippen molar-refractivity contribution in [2.45, 2.75) is 31.6 Å². The van der Waals surface area contributed by atoms with Crippen molar-refractivity contribution in [3.63, 3.8) is 0 Å². The van der Waals surface area contributed by atoms with Gasteiger partial charge >= 0.3 is 11.9 Å². The lowest BCUT2D eigenvalue weighted by Gasteiger charge is -2.20. The number of ether oxygens (including phenoxy) is 2. The van der Waals surface area contributed by atoms with Gasteiger partial charge < -0.3 is 14.4 Å². The molecule has 0 saturated carbocycles. The maximum Gasteiger partial charge on any atom is 0.348 e. The van der Waals surface area contributed by atoms with E-state index in [1.165, 1.54) is 6.08 Å². The molecule has 0 unspecified atom stereocenters. The quantitative estimate of drug-likeness (QED) is 0.258. The fourth-order valence-corrected chi connectivity index (χ4v) is 3.59. The molecule has 29 heavy (non-hydrogen) atoms. The highest BCUT2D eigenvalue weighted by molar-refractivity contribution is 8.03. The van der Waals surface area contributed by atoms with Crippen LogP contribution in [0.15, 0.2) is 64.1 Å². The van der Waals surface area contributed by atoms with Crippen LogP contribution < -0.4 is 4.90 Å². The Bertz CT molecular complexity index is 883. The molecule has 0 atom stereocenters. The van der Waals surface area contributed by atoms with Gasteiger partial charge in [0.1, 0.15) is 11.6 Å². The Morgan fingerprint density at radius 1 is 1.24 bits per heavy atom. The van der Waals surface area contributed by atoms with Gasteiger partial charge in [0.15, 0.2) is 0 Å². The third kappa shape index (κ3) is 6.26.